The molecule has 6 heteroatoms. The van der Waals surface area contributed by atoms with E-state index in [0.717, 1.165) is 21.3 Å². The van der Waals surface area contributed by atoms with E-state index in [1.807, 2.05) is 19.1 Å². The monoisotopic (exact) mass is 437 g/mol. The van der Waals surface area contributed by atoms with Crippen LogP contribution in [0.3, 0.4) is 0 Å². The highest BCUT2D eigenvalue weighted by Crippen LogP contribution is 2.41. The molecule has 1 aliphatic rings. The number of hydrogen-bond donors (Lipinski definition) is 2. The lowest BCUT2D eigenvalue weighted by Crippen LogP contribution is -2.03. The average Bonchev–Trinajstić information content (AvgIpc) is 2.84. The van der Waals surface area contributed by atoms with Crippen molar-refractivity contribution in [3.05, 3.63) is 49.9 Å². The van der Waals surface area contributed by atoms with Crippen molar-refractivity contribution in [2.45, 2.75) is 6.92 Å². The molecule has 118 valence electrons. The number of fused-ring (bicyclic) bond motifs is 1. The Kier molecular flexibility index (Phi) is 4.21. The highest BCUT2D eigenvalue weighted by atomic mass is 79.9. The summed E-state index contributed by atoms with van der Waals surface area (Å²) in [6, 6.07) is 7.11. The molecule has 0 saturated carbocycles. The highest BCUT2D eigenvalue weighted by Gasteiger charge is 2.27. The van der Waals surface area contributed by atoms with E-state index in [0.29, 0.717) is 21.4 Å². The average molecular weight is 439 g/mol. The van der Waals surface area contributed by atoms with Gasteiger partial charge in [-0.15, -0.1) is 0 Å². The van der Waals surface area contributed by atoms with Crippen molar-refractivity contribution in [1.29, 1.82) is 0 Å². The van der Waals surface area contributed by atoms with Crippen molar-refractivity contribution in [2.75, 3.05) is 12.4 Å². The van der Waals surface area contributed by atoms with E-state index in [1.165, 1.54) is 0 Å². The van der Waals surface area contributed by atoms with Crippen LogP contribution in [0.15, 0.2) is 33.2 Å². The van der Waals surface area contributed by atoms with E-state index in [4.69, 9.17) is 4.74 Å². The predicted octanol–water partition coefficient (Wildman–Crippen LogP) is 4.73. The van der Waals surface area contributed by atoms with Gasteiger partial charge in [-0.3, -0.25) is 4.79 Å². The summed E-state index contributed by atoms with van der Waals surface area (Å²) in [5, 5.41) is 13.1. The summed E-state index contributed by atoms with van der Waals surface area (Å²) in [5.74, 6) is 0.456. The lowest BCUT2D eigenvalue weighted by molar-refractivity contribution is -0.110. The SMILES string of the molecule is COc1cc(Br)c(O)c(C=C2C(=O)Nc3ccc(Br)c(C)c32)c1. The number of ether oxygens (including phenoxy) is 1. The summed E-state index contributed by atoms with van der Waals surface area (Å²) in [4.78, 5) is 12.3. The molecule has 1 heterocycles. The summed E-state index contributed by atoms with van der Waals surface area (Å²) >= 11 is 6.78. The van der Waals surface area contributed by atoms with Crippen molar-refractivity contribution < 1.29 is 14.6 Å². The summed E-state index contributed by atoms with van der Waals surface area (Å²) in [6.45, 7) is 1.94. The normalized spacial score (nSPS) is 14.8. The van der Waals surface area contributed by atoms with Crippen LogP contribution in [-0.2, 0) is 4.79 Å². The van der Waals surface area contributed by atoms with Crippen LogP contribution in [0, 0.1) is 6.92 Å². The van der Waals surface area contributed by atoms with Gasteiger partial charge < -0.3 is 15.2 Å². The Labute approximate surface area is 150 Å². The minimum atomic E-state index is -0.195. The summed E-state index contributed by atoms with van der Waals surface area (Å²) in [5.41, 5.74) is 3.59. The Morgan fingerprint density at radius 1 is 1.22 bits per heavy atom. The van der Waals surface area contributed by atoms with E-state index < -0.39 is 0 Å². The highest BCUT2D eigenvalue weighted by molar-refractivity contribution is 9.10. The maximum Gasteiger partial charge on any atom is 0.256 e. The molecule has 0 saturated heterocycles. The molecule has 0 atom stereocenters. The first kappa shape index (κ1) is 16.1. The van der Waals surface area contributed by atoms with Crippen molar-refractivity contribution in [2.24, 2.45) is 0 Å². The number of anilines is 1. The Balaban J connectivity index is 2.21. The Morgan fingerprint density at radius 3 is 2.65 bits per heavy atom. The fourth-order valence-corrected chi connectivity index (χ4v) is 3.34. The summed E-state index contributed by atoms with van der Waals surface area (Å²) in [7, 11) is 1.55. The third-order valence-electron chi connectivity index (χ3n) is 3.76. The molecule has 0 aliphatic carbocycles. The number of carbonyl (C=O) groups excluding carboxylic acids is 1. The number of carbonyl (C=O) groups is 1. The third kappa shape index (κ3) is 2.77. The standard InChI is InChI=1S/C17H13Br2NO3/c1-8-12(18)3-4-14-15(8)11(17(22)20-14)6-9-5-10(23-2)7-13(19)16(9)21/h3-7,21H,1-2H3,(H,20,22). The molecule has 0 aromatic heterocycles. The molecule has 2 N–H and O–H groups in total. The zero-order chi connectivity index (χ0) is 16.7. The van der Waals surface area contributed by atoms with Gasteiger partial charge in [0.05, 0.1) is 17.2 Å². The van der Waals surface area contributed by atoms with Crippen LogP contribution in [0.25, 0.3) is 11.6 Å². The molecule has 2 aromatic rings. The third-order valence-corrected chi connectivity index (χ3v) is 5.23. The fourth-order valence-electron chi connectivity index (χ4n) is 2.56. The molecule has 0 fully saturated rings. The van der Waals surface area contributed by atoms with Gasteiger partial charge in [-0.25, -0.2) is 0 Å². The maximum atomic E-state index is 12.3. The summed E-state index contributed by atoms with van der Waals surface area (Å²) in [6.07, 6.45) is 1.67. The van der Waals surface area contributed by atoms with Crippen molar-refractivity contribution in [3.63, 3.8) is 0 Å². The molecule has 2 aromatic carbocycles. The molecule has 0 unspecified atom stereocenters. The molecule has 3 rings (SSSR count). The van der Waals surface area contributed by atoms with E-state index >= 15 is 0 Å². The Hall–Kier alpha value is -1.79. The van der Waals surface area contributed by atoms with Crippen molar-refractivity contribution >= 4 is 55.1 Å². The number of phenols is 1. The quantitative estimate of drug-likeness (QED) is 0.666. The lowest BCUT2D eigenvalue weighted by Gasteiger charge is -2.09. The van der Waals surface area contributed by atoms with E-state index in [2.05, 4.69) is 37.2 Å². The summed E-state index contributed by atoms with van der Waals surface area (Å²) < 4.78 is 6.65. The Bertz CT molecular complexity index is 859. The van der Waals surface area contributed by atoms with Crippen molar-refractivity contribution in [3.8, 4) is 11.5 Å². The number of hydrogen-bond acceptors (Lipinski definition) is 3. The molecular formula is C17H13Br2NO3. The first-order chi connectivity index (χ1) is 10.9. The van der Waals surface area contributed by atoms with Gasteiger partial charge in [0, 0.05) is 21.3 Å². The van der Waals surface area contributed by atoms with Crippen LogP contribution >= 0.6 is 31.9 Å². The van der Waals surface area contributed by atoms with E-state index in [1.54, 1.807) is 25.3 Å². The number of aromatic hydroxyl groups is 1. The first-order valence-electron chi connectivity index (χ1n) is 6.81. The molecule has 0 radical (unpaired) electrons. The number of rotatable bonds is 2. The molecular weight excluding hydrogens is 426 g/mol. The van der Waals surface area contributed by atoms with Crippen LogP contribution in [0.5, 0.6) is 11.5 Å². The molecule has 0 bridgehead atoms. The molecule has 0 spiro atoms. The van der Waals surface area contributed by atoms with Crippen LogP contribution in [0.1, 0.15) is 16.7 Å². The lowest BCUT2D eigenvalue weighted by atomic mass is 9.99. The van der Waals surface area contributed by atoms with Gasteiger partial charge in [-0.1, -0.05) is 15.9 Å². The number of halogens is 2. The number of methoxy groups -OCH3 is 1. The van der Waals surface area contributed by atoms with Gasteiger partial charge in [0.2, 0.25) is 0 Å². The predicted molar refractivity (Wildman–Crippen MR) is 97.7 cm³/mol. The van der Waals surface area contributed by atoms with Crippen molar-refractivity contribution in [1.82, 2.24) is 0 Å². The number of benzene rings is 2. The smallest absolute Gasteiger partial charge is 0.256 e. The number of amides is 1. The van der Waals surface area contributed by atoms with Gasteiger partial charge in [-0.05, 0) is 58.8 Å². The van der Waals surface area contributed by atoms with Crippen LogP contribution in [-0.4, -0.2) is 18.1 Å². The minimum Gasteiger partial charge on any atom is -0.506 e. The molecule has 23 heavy (non-hydrogen) atoms. The number of nitrogens with one attached hydrogen (secondary N) is 1. The topological polar surface area (TPSA) is 58.6 Å². The van der Waals surface area contributed by atoms with Gasteiger partial charge in [-0.2, -0.15) is 0 Å². The minimum absolute atomic E-state index is 0.0622. The molecule has 1 amide bonds. The van der Waals surface area contributed by atoms with E-state index in [9.17, 15) is 9.90 Å². The zero-order valence-electron chi connectivity index (χ0n) is 12.4. The first-order valence-corrected chi connectivity index (χ1v) is 8.40. The fraction of sp³-hybridized carbons (Fsp3) is 0.118. The van der Waals surface area contributed by atoms with Gasteiger partial charge in [0.25, 0.3) is 5.91 Å². The zero-order valence-corrected chi connectivity index (χ0v) is 15.6. The second kappa shape index (κ2) is 6.02. The van der Waals surface area contributed by atoms with E-state index in [-0.39, 0.29) is 11.7 Å². The van der Waals surface area contributed by atoms with Crippen LogP contribution < -0.4 is 10.1 Å². The van der Waals surface area contributed by atoms with Gasteiger partial charge >= 0.3 is 0 Å². The Morgan fingerprint density at radius 2 is 1.96 bits per heavy atom. The molecule has 1 aliphatic heterocycles. The second-order valence-corrected chi connectivity index (χ2v) is 6.86. The maximum absolute atomic E-state index is 12.3. The van der Waals surface area contributed by atoms with Gasteiger partial charge in [0.1, 0.15) is 11.5 Å². The van der Waals surface area contributed by atoms with Crippen LogP contribution in [0.2, 0.25) is 0 Å². The largest absolute Gasteiger partial charge is 0.506 e. The van der Waals surface area contributed by atoms with Gasteiger partial charge in [0.15, 0.2) is 0 Å². The van der Waals surface area contributed by atoms with Crippen LogP contribution in [0.4, 0.5) is 5.69 Å². The second-order valence-electron chi connectivity index (χ2n) is 5.15. The number of phenolic OH excluding ortho intramolecular Hbond substituents is 1. The molecule has 4 nitrogen and oxygen atoms in total.